The van der Waals surface area contributed by atoms with Gasteiger partial charge in [0, 0.05) is 19.6 Å². The van der Waals surface area contributed by atoms with Gasteiger partial charge in [-0.2, -0.15) is 13.2 Å². The Bertz CT molecular complexity index is 202. The monoisotopic (exact) mass is 289 g/mol. The van der Waals surface area contributed by atoms with Gasteiger partial charge in [0.25, 0.3) is 0 Å². The smallest absolute Gasteiger partial charge is 0.373 e. The van der Waals surface area contributed by atoms with Crippen LogP contribution in [0.5, 0.6) is 0 Å². The van der Waals surface area contributed by atoms with E-state index in [2.05, 4.69) is 15.9 Å². The first-order valence-electron chi connectivity index (χ1n) is 4.87. The first-order valence-corrected chi connectivity index (χ1v) is 5.79. The molecule has 1 fully saturated rings. The largest absolute Gasteiger partial charge is 0.402 e. The number of ether oxygens (including phenoxy) is 1. The van der Waals surface area contributed by atoms with Gasteiger partial charge in [-0.05, 0) is 13.8 Å². The molecule has 1 heterocycles. The van der Waals surface area contributed by atoms with Crippen LogP contribution in [0.4, 0.5) is 13.2 Å². The van der Waals surface area contributed by atoms with Gasteiger partial charge in [0.2, 0.25) is 0 Å². The summed E-state index contributed by atoms with van der Waals surface area (Å²) in [6.45, 7) is 4.85. The van der Waals surface area contributed by atoms with Crippen molar-refractivity contribution >= 4 is 15.9 Å². The quantitative estimate of drug-likeness (QED) is 0.724. The van der Waals surface area contributed by atoms with Gasteiger partial charge in [0.1, 0.15) is 4.83 Å². The summed E-state index contributed by atoms with van der Waals surface area (Å²) in [5.41, 5.74) is 0. The van der Waals surface area contributed by atoms with E-state index in [1.165, 1.54) is 0 Å². The van der Waals surface area contributed by atoms with Gasteiger partial charge in [-0.15, -0.1) is 0 Å². The molecule has 1 aliphatic rings. The number of hydrogen-bond donors (Lipinski definition) is 0. The maximum atomic E-state index is 12.3. The van der Waals surface area contributed by atoms with E-state index < -0.39 is 11.0 Å². The van der Waals surface area contributed by atoms with Crippen molar-refractivity contribution < 1.29 is 17.9 Å². The summed E-state index contributed by atoms with van der Waals surface area (Å²) in [7, 11) is 0. The van der Waals surface area contributed by atoms with Gasteiger partial charge >= 0.3 is 6.18 Å². The molecule has 0 N–H and O–H groups in total. The second-order valence-electron chi connectivity index (χ2n) is 3.99. The molecule has 2 nitrogen and oxygen atoms in total. The van der Waals surface area contributed by atoms with E-state index in [4.69, 9.17) is 4.74 Å². The van der Waals surface area contributed by atoms with Gasteiger partial charge in [-0.1, -0.05) is 15.9 Å². The van der Waals surface area contributed by atoms with Crippen molar-refractivity contribution in [3.8, 4) is 0 Å². The van der Waals surface area contributed by atoms with E-state index in [0.29, 0.717) is 13.1 Å². The molecule has 0 aromatic rings. The summed E-state index contributed by atoms with van der Waals surface area (Å²) in [6.07, 6.45) is -4.17. The summed E-state index contributed by atoms with van der Waals surface area (Å²) in [5, 5.41) is 0. The molecule has 1 aliphatic heterocycles. The topological polar surface area (TPSA) is 12.5 Å². The Morgan fingerprint density at radius 3 is 2.20 bits per heavy atom. The lowest BCUT2D eigenvalue weighted by molar-refractivity contribution is -0.137. The zero-order valence-electron chi connectivity index (χ0n) is 8.72. The summed E-state index contributed by atoms with van der Waals surface area (Å²) >= 11 is 2.67. The molecule has 1 rings (SSSR count). The molecule has 0 aromatic carbocycles. The first-order chi connectivity index (χ1) is 6.79. The molecule has 0 bridgehead atoms. The molecule has 0 saturated carbocycles. The lowest BCUT2D eigenvalue weighted by Crippen LogP contribution is -2.49. The molecule has 0 aliphatic carbocycles. The highest BCUT2D eigenvalue weighted by Gasteiger charge is 2.39. The highest BCUT2D eigenvalue weighted by Crippen LogP contribution is 2.27. The van der Waals surface area contributed by atoms with Gasteiger partial charge in [-0.3, -0.25) is 4.90 Å². The molecule has 3 unspecified atom stereocenters. The summed E-state index contributed by atoms with van der Waals surface area (Å²) in [4.78, 5) is 0.327. The van der Waals surface area contributed by atoms with Gasteiger partial charge in [0.05, 0.1) is 12.2 Å². The molecule has 0 aromatic heterocycles. The van der Waals surface area contributed by atoms with E-state index in [1.807, 2.05) is 13.8 Å². The second-order valence-corrected chi connectivity index (χ2v) is 5.09. The Hall–Kier alpha value is 0.190. The van der Waals surface area contributed by atoms with E-state index in [1.54, 1.807) is 4.90 Å². The summed E-state index contributed by atoms with van der Waals surface area (Å²) < 4.78 is 42.3. The van der Waals surface area contributed by atoms with Crippen LogP contribution in [0.1, 0.15) is 13.8 Å². The molecule has 0 radical (unpaired) electrons. The lowest BCUT2D eigenvalue weighted by Gasteiger charge is -2.36. The third-order valence-electron chi connectivity index (χ3n) is 2.27. The van der Waals surface area contributed by atoms with Crippen LogP contribution < -0.4 is 0 Å². The predicted molar refractivity (Wildman–Crippen MR) is 55.2 cm³/mol. The van der Waals surface area contributed by atoms with Crippen molar-refractivity contribution in [1.29, 1.82) is 0 Å². The van der Waals surface area contributed by atoms with Crippen molar-refractivity contribution in [2.45, 2.75) is 37.1 Å². The molecule has 90 valence electrons. The Morgan fingerprint density at radius 2 is 1.80 bits per heavy atom. The Balaban J connectivity index is 2.44. The fourth-order valence-electron chi connectivity index (χ4n) is 1.76. The van der Waals surface area contributed by atoms with Crippen LogP contribution in [0.2, 0.25) is 0 Å². The van der Waals surface area contributed by atoms with Crippen LogP contribution in [0.15, 0.2) is 0 Å². The van der Waals surface area contributed by atoms with Gasteiger partial charge in [0.15, 0.2) is 0 Å². The third-order valence-corrected chi connectivity index (χ3v) is 3.08. The average molecular weight is 290 g/mol. The predicted octanol–water partition coefficient (Wildman–Crippen LogP) is 2.42. The Kier molecular flexibility index (Phi) is 4.43. The van der Waals surface area contributed by atoms with Crippen molar-refractivity contribution in [2.75, 3.05) is 19.6 Å². The number of morpholine rings is 1. The minimum atomic E-state index is -4.18. The fraction of sp³-hybridized carbons (Fsp3) is 1.00. The number of rotatable bonds is 2. The normalized spacial score (nSPS) is 31.6. The molecule has 0 amide bonds. The Morgan fingerprint density at radius 1 is 1.33 bits per heavy atom. The molecule has 15 heavy (non-hydrogen) atoms. The third kappa shape index (κ3) is 4.28. The highest BCUT2D eigenvalue weighted by molar-refractivity contribution is 9.09. The van der Waals surface area contributed by atoms with Crippen molar-refractivity contribution in [3.05, 3.63) is 0 Å². The molecule has 0 spiro atoms. The van der Waals surface area contributed by atoms with Gasteiger partial charge in [-0.25, -0.2) is 0 Å². The zero-order valence-corrected chi connectivity index (χ0v) is 10.3. The fourth-order valence-corrected chi connectivity index (χ4v) is 2.17. The van der Waals surface area contributed by atoms with E-state index in [0.717, 1.165) is 0 Å². The lowest BCUT2D eigenvalue weighted by atomic mass is 10.2. The maximum Gasteiger partial charge on any atom is 0.402 e. The van der Waals surface area contributed by atoms with Crippen LogP contribution in [-0.4, -0.2) is 47.7 Å². The number of alkyl halides is 4. The summed E-state index contributed by atoms with van der Waals surface area (Å²) in [6, 6.07) is 0. The molecular weight excluding hydrogens is 275 g/mol. The van der Waals surface area contributed by atoms with Crippen molar-refractivity contribution in [2.24, 2.45) is 0 Å². The van der Waals surface area contributed by atoms with Crippen LogP contribution in [0, 0.1) is 0 Å². The SMILES string of the molecule is CC1CN(CC(Br)C(F)(F)F)CC(C)O1. The number of halogens is 4. The highest BCUT2D eigenvalue weighted by atomic mass is 79.9. The molecular formula is C9H15BrF3NO. The van der Waals surface area contributed by atoms with E-state index in [-0.39, 0.29) is 18.8 Å². The number of nitrogens with zero attached hydrogens (tertiary/aromatic N) is 1. The molecule has 3 atom stereocenters. The van der Waals surface area contributed by atoms with Gasteiger partial charge < -0.3 is 4.74 Å². The van der Waals surface area contributed by atoms with E-state index >= 15 is 0 Å². The van der Waals surface area contributed by atoms with Crippen LogP contribution in [-0.2, 0) is 4.74 Å². The molecule has 6 heteroatoms. The maximum absolute atomic E-state index is 12.3. The average Bonchev–Trinajstić information content (AvgIpc) is 1.99. The van der Waals surface area contributed by atoms with Crippen LogP contribution in [0.25, 0.3) is 0 Å². The van der Waals surface area contributed by atoms with E-state index in [9.17, 15) is 13.2 Å². The van der Waals surface area contributed by atoms with Crippen LogP contribution >= 0.6 is 15.9 Å². The summed E-state index contributed by atoms with van der Waals surface area (Å²) in [5.74, 6) is 0. The molecule has 1 saturated heterocycles. The first kappa shape index (κ1) is 13.3. The van der Waals surface area contributed by atoms with Crippen molar-refractivity contribution in [1.82, 2.24) is 4.90 Å². The zero-order chi connectivity index (χ0) is 11.6. The number of hydrogen-bond acceptors (Lipinski definition) is 2. The Labute approximate surface area is 95.9 Å². The second kappa shape index (κ2) is 5.01. The minimum Gasteiger partial charge on any atom is -0.373 e. The van der Waals surface area contributed by atoms with Crippen molar-refractivity contribution in [3.63, 3.8) is 0 Å². The minimum absolute atomic E-state index is 0.00156. The standard InChI is InChI=1S/C9H15BrF3NO/c1-6-3-14(4-7(2)15-6)5-8(10)9(11,12)13/h6-8H,3-5H2,1-2H3. The van der Waals surface area contributed by atoms with Crippen LogP contribution in [0.3, 0.4) is 0 Å².